The molecule has 0 amide bonds. The maximum Gasteiger partial charge on any atom is 0.121 e. The van der Waals surface area contributed by atoms with Gasteiger partial charge in [-0.05, 0) is 24.3 Å². The molecule has 0 atom stereocenters. The van der Waals surface area contributed by atoms with Gasteiger partial charge in [-0.2, -0.15) is 5.26 Å². The minimum Gasteiger partial charge on any atom is -0.344 e. The fourth-order valence-corrected chi connectivity index (χ4v) is 2.41. The third kappa shape index (κ3) is 2.10. The molecule has 0 aliphatic carbocycles. The highest BCUT2D eigenvalue weighted by Crippen LogP contribution is 2.29. The summed E-state index contributed by atoms with van der Waals surface area (Å²) < 4.78 is 1.19. The summed E-state index contributed by atoms with van der Waals surface area (Å²) in [5, 5.41) is 8.73. The number of hydrogen-bond donors (Lipinski definition) is 1. The van der Waals surface area contributed by atoms with Crippen LogP contribution in [0.5, 0.6) is 0 Å². The van der Waals surface area contributed by atoms with Crippen LogP contribution in [-0.4, -0.2) is 4.98 Å². The summed E-state index contributed by atoms with van der Waals surface area (Å²) in [5.74, 6) is 0. The number of nitriles is 1. The lowest BCUT2D eigenvalue weighted by Crippen LogP contribution is -1.84. The lowest BCUT2D eigenvalue weighted by atomic mass is 10.2. The van der Waals surface area contributed by atoms with Crippen LogP contribution < -0.4 is 0 Å². The van der Waals surface area contributed by atoms with Gasteiger partial charge in [0, 0.05) is 0 Å². The van der Waals surface area contributed by atoms with E-state index >= 15 is 0 Å². The fraction of sp³-hybridized carbons (Fsp3) is 0. The molecule has 2 aromatic rings. The number of aromatic amines is 1. The highest BCUT2D eigenvalue weighted by atomic mass is 35.5. The summed E-state index contributed by atoms with van der Waals surface area (Å²) in [6, 6.07) is 9.31. The molecular formula is C10H5ClN2S2. The molecule has 0 unspecified atom stereocenters. The number of rotatable bonds is 1. The maximum atomic E-state index is 8.73. The zero-order valence-electron chi connectivity index (χ0n) is 7.45. The molecule has 15 heavy (non-hydrogen) atoms. The number of halogens is 1. The van der Waals surface area contributed by atoms with E-state index in [1.54, 1.807) is 6.07 Å². The predicted octanol–water partition coefficient (Wildman–Crippen LogP) is 4.00. The number of pyridine rings is 1. The first-order chi connectivity index (χ1) is 7.20. The van der Waals surface area contributed by atoms with E-state index in [1.165, 1.54) is 11.3 Å². The highest BCUT2D eigenvalue weighted by Gasteiger charge is 2.03. The molecule has 0 aliphatic rings. The Hall–Kier alpha value is -1.15. The summed E-state index contributed by atoms with van der Waals surface area (Å²) in [6.07, 6.45) is 0. The van der Waals surface area contributed by atoms with E-state index < -0.39 is 0 Å². The van der Waals surface area contributed by atoms with Gasteiger partial charge in [-0.25, -0.2) is 0 Å². The average molecular weight is 253 g/mol. The van der Waals surface area contributed by atoms with Crippen LogP contribution in [0.4, 0.5) is 0 Å². The summed E-state index contributed by atoms with van der Waals surface area (Å²) in [4.78, 5) is 4.01. The van der Waals surface area contributed by atoms with Gasteiger partial charge in [0.15, 0.2) is 0 Å². The molecular weight excluding hydrogens is 248 g/mol. The van der Waals surface area contributed by atoms with Crippen LogP contribution in [0, 0.1) is 16.0 Å². The average Bonchev–Trinajstić information content (AvgIpc) is 2.65. The molecule has 0 aliphatic heterocycles. The smallest absolute Gasteiger partial charge is 0.121 e. The van der Waals surface area contributed by atoms with Crippen molar-refractivity contribution in [2.75, 3.05) is 0 Å². The number of nitrogens with one attached hydrogen (secondary N) is 1. The van der Waals surface area contributed by atoms with Crippen molar-refractivity contribution < 1.29 is 0 Å². The number of aromatic nitrogens is 1. The Morgan fingerprint density at radius 1 is 1.33 bits per heavy atom. The van der Waals surface area contributed by atoms with Gasteiger partial charge in [-0.3, -0.25) is 0 Å². The molecule has 0 bridgehead atoms. The van der Waals surface area contributed by atoms with Crippen LogP contribution in [0.25, 0.3) is 10.6 Å². The summed E-state index contributed by atoms with van der Waals surface area (Å²) in [6.45, 7) is 0. The van der Waals surface area contributed by atoms with Crippen molar-refractivity contribution in [3.8, 4) is 16.6 Å². The molecule has 1 N–H and O–H groups in total. The molecule has 0 radical (unpaired) electrons. The van der Waals surface area contributed by atoms with Crippen LogP contribution in [0.3, 0.4) is 0 Å². The van der Waals surface area contributed by atoms with Crippen LogP contribution in [-0.2, 0) is 0 Å². The third-order valence-electron chi connectivity index (χ3n) is 1.87. The lowest BCUT2D eigenvalue weighted by Gasteiger charge is -1.97. The van der Waals surface area contributed by atoms with Gasteiger partial charge < -0.3 is 4.98 Å². The van der Waals surface area contributed by atoms with E-state index in [1.807, 2.05) is 24.3 Å². The molecule has 5 heteroatoms. The summed E-state index contributed by atoms with van der Waals surface area (Å²) >= 11 is 12.3. The lowest BCUT2D eigenvalue weighted by molar-refractivity contribution is 1.28. The number of H-pyrrole nitrogens is 1. The number of hydrogen-bond acceptors (Lipinski definition) is 3. The minimum absolute atomic E-state index is 0.458. The second-order valence-electron chi connectivity index (χ2n) is 2.83. The molecule has 74 valence electrons. The van der Waals surface area contributed by atoms with Gasteiger partial charge in [-0.15, -0.1) is 11.3 Å². The van der Waals surface area contributed by atoms with Crippen LogP contribution in [0.2, 0.25) is 4.34 Å². The molecule has 0 saturated heterocycles. The van der Waals surface area contributed by atoms with E-state index in [-0.39, 0.29) is 0 Å². The van der Waals surface area contributed by atoms with Crippen molar-refractivity contribution in [3.63, 3.8) is 0 Å². The Bertz CT molecular complexity index is 592. The molecule has 2 aromatic heterocycles. The first-order valence-corrected chi connectivity index (χ1v) is 5.70. The fourth-order valence-electron chi connectivity index (χ4n) is 1.16. The molecule has 0 fully saturated rings. The molecule has 0 aromatic carbocycles. The molecule has 2 heterocycles. The molecule has 0 spiro atoms. The van der Waals surface area contributed by atoms with Crippen LogP contribution in [0.1, 0.15) is 5.56 Å². The van der Waals surface area contributed by atoms with E-state index in [2.05, 4.69) is 4.98 Å². The van der Waals surface area contributed by atoms with Gasteiger partial charge in [0.2, 0.25) is 0 Å². The standard InChI is InChI=1S/C10H5ClN2S2/c11-9-4-3-8(15-9)7-2-1-6(5-12)10(14)13-7/h1-4H,(H,13,14). The second-order valence-corrected chi connectivity index (χ2v) is 4.95. The summed E-state index contributed by atoms with van der Waals surface area (Å²) in [5.41, 5.74) is 1.37. The Morgan fingerprint density at radius 2 is 2.13 bits per heavy atom. The third-order valence-corrected chi connectivity index (χ3v) is 3.46. The number of thiophene rings is 1. The monoisotopic (exact) mass is 252 g/mol. The van der Waals surface area contributed by atoms with Crippen molar-refractivity contribution in [1.82, 2.24) is 4.98 Å². The minimum atomic E-state index is 0.458. The SMILES string of the molecule is N#Cc1ccc(-c2ccc(Cl)s2)[nH]c1=S. The zero-order chi connectivity index (χ0) is 10.8. The first-order valence-electron chi connectivity index (χ1n) is 4.10. The van der Waals surface area contributed by atoms with Gasteiger partial charge in [0.05, 0.1) is 20.5 Å². The van der Waals surface area contributed by atoms with Gasteiger partial charge in [-0.1, -0.05) is 23.8 Å². The largest absolute Gasteiger partial charge is 0.344 e. The van der Waals surface area contributed by atoms with E-state index in [9.17, 15) is 0 Å². The normalized spacial score (nSPS) is 9.87. The zero-order valence-corrected chi connectivity index (χ0v) is 9.84. The molecule has 2 nitrogen and oxygen atoms in total. The van der Waals surface area contributed by atoms with Crippen molar-refractivity contribution in [3.05, 3.63) is 38.8 Å². The van der Waals surface area contributed by atoms with Crippen LogP contribution in [0.15, 0.2) is 24.3 Å². The second kappa shape index (κ2) is 4.15. The van der Waals surface area contributed by atoms with Crippen molar-refractivity contribution in [2.24, 2.45) is 0 Å². The quantitative estimate of drug-likeness (QED) is 0.780. The Balaban J connectivity index is 2.53. The topological polar surface area (TPSA) is 39.6 Å². The first kappa shape index (κ1) is 10.4. The Morgan fingerprint density at radius 3 is 2.67 bits per heavy atom. The predicted molar refractivity (Wildman–Crippen MR) is 64.7 cm³/mol. The van der Waals surface area contributed by atoms with E-state index in [0.717, 1.165) is 14.9 Å². The molecule has 0 saturated carbocycles. The van der Waals surface area contributed by atoms with Crippen molar-refractivity contribution in [2.45, 2.75) is 0 Å². The van der Waals surface area contributed by atoms with E-state index in [0.29, 0.717) is 10.2 Å². The van der Waals surface area contributed by atoms with Gasteiger partial charge in [0.25, 0.3) is 0 Å². The number of nitrogens with zero attached hydrogens (tertiary/aromatic N) is 1. The van der Waals surface area contributed by atoms with Gasteiger partial charge >= 0.3 is 0 Å². The Labute approximate surface area is 101 Å². The van der Waals surface area contributed by atoms with E-state index in [4.69, 9.17) is 29.1 Å². The van der Waals surface area contributed by atoms with Crippen LogP contribution >= 0.6 is 35.2 Å². The Kier molecular flexibility index (Phi) is 2.87. The maximum absolute atomic E-state index is 8.73. The highest BCUT2D eigenvalue weighted by molar-refractivity contribution is 7.71. The summed E-state index contributed by atoms with van der Waals surface area (Å²) in [7, 11) is 0. The van der Waals surface area contributed by atoms with Gasteiger partial charge in [0.1, 0.15) is 10.7 Å². The molecule has 2 rings (SSSR count). The van der Waals surface area contributed by atoms with Crippen molar-refractivity contribution in [1.29, 1.82) is 5.26 Å². The van der Waals surface area contributed by atoms with Crippen molar-refractivity contribution >= 4 is 35.2 Å².